The topological polar surface area (TPSA) is 51.4 Å². The number of likely N-dealkylation sites (tertiary alicyclic amines) is 1. The highest BCUT2D eigenvalue weighted by Gasteiger charge is 2.33. The number of nitrogens with two attached hydrogens (primary N) is 1. The number of morpholine rings is 1. The van der Waals surface area contributed by atoms with Crippen LogP contribution in [0.15, 0.2) is 18.2 Å². The van der Waals surface area contributed by atoms with Crippen LogP contribution in [-0.2, 0) is 17.8 Å². The number of rotatable bonds is 3. The van der Waals surface area contributed by atoms with E-state index in [0.717, 1.165) is 31.0 Å². The van der Waals surface area contributed by atoms with E-state index in [0.29, 0.717) is 18.8 Å². The van der Waals surface area contributed by atoms with Crippen LogP contribution in [0, 0.1) is 0 Å². The first kappa shape index (κ1) is 11.1. The zero-order valence-corrected chi connectivity index (χ0v) is 10.0. The van der Waals surface area contributed by atoms with Crippen LogP contribution in [-0.4, -0.2) is 35.2 Å². The average Bonchev–Trinajstić information content (AvgIpc) is 2.69. The second-order valence-corrected chi connectivity index (χ2v) is 4.98. The predicted molar refractivity (Wildman–Crippen MR) is 65.3 cm³/mol. The van der Waals surface area contributed by atoms with Gasteiger partial charge in [0.05, 0.1) is 23.6 Å². The van der Waals surface area contributed by atoms with Crippen LogP contribution < -0.4 is 5.73 Å². The minimum Gasteiger partial charge on any atom is -0.372 e. The Morgan fingerprint density at radius 2 is 1.94 bits per heavy atom. The van der Waals surface area contributed by atoms with Crippen molar-refractivity contribution in [3.8, 4) is 0 Å². The van der Waals surface area contributed by atoms with Crippen LogP contribution in [0.25, 0.3) is 0 Å². The van der Waals surface area contributed by atoms with E-state index in [-0.39, 0.29) is 0 Å². The van der Waals surface area contributed by atoms with Crippen LogP contribution in [0.3, 0.4) is 0 Å². The molecule has 2 aliphatic rings. The third-order valence-electron chi connectivity index (χ3n) is 3.58. The Balaban J connectivity index is 1.66. The Labute approximate surface area is 102 Å². The maximum absolute atomic E-state index is 5.83. The number of hydrogen-bond donors (Lipinski definition) is 1. The van der Waals surface area contributed by atoms with Gasteiger partial charge in [-0.1, -0.05) is 6.07 Å². The van der Waals surface area contributed by atoms with Gasteiger partial charge in [0.15, 0.2) is 0 Å². The summed E-state index contributed by atoms with van der Waals surface area (Å²) in [5, 5.41) is 0. The molecule has 1 aromatic heterocycles. The Morgan fingerprint density at radius 1 is 1.24 bits per heavy atom. The van der Waals surface area contributed by atoms with E-state index < -0.39 is 0 Å². The van der Waals surface area contributed by atoms with Crippen LogP contribution in [0.5, 0.6) is 0 Å². The van der Waals surface area contributed by atoms with Crippen LogP contribution in [0.4, 0.5) is 0 Å². The lowest BCUT2D eigenvalue weighted by Crippen LogP contribution is -2.42. The van der Waals surface area contributed by atoms with E-state index in [1.54, 1.807) is 0 Å². The van der Waals surface area contributed by atoms with Crippen molar-refractivity contribution in [2.75, 3.05) is 13.1 Å². The van der Waals surface area contributed by atoms with Crippen molar-refractivity contribution < 1.29 is 4.74 Å². The van der Waals surface area contributed by atoms with Crippen molar-refractivity contribution in [2.24, 2.45) is 5.73 Å². The van der Waals surface area contributed by atoms with Crippen LogP contribution >= 0.6 is 0 Å². The average molecular weight is 233 g/mol. The smallest absolute Gasteiger partial charge is 0.0707 e. The molecule has 4 nitrogen and oxygen atoms in total. The second kappa shape index (κ2) is 4.72. The van der Waals surface area contributed by atoms with Crippen molar-refractivity contribution in [1.82, 2.24) is 9.88 Å². The molecular weight excluding hydrogens is 214 g/mol. The highest BCUT2D eigenvalue weighted by Crippen LogP contribution is 2.26. The first-order chi connectivity index (χ1) is 8.33. The summed E-state index contributed by atoms with van der Waals surface area (Å²) in [5.74, 6) is 0. The van der Waals surface area contributed by atoms with Crippen molar-refractivity contribution in [2.45, 2.75) is 38.1 Å². The van der Waals surface area contributed by atoms with Gasteiger partial charge in [-0.15, -0.1) is 0 Å². The number of aromatic nitrogens is 1. The summed E-state index contributed by atoms with van der Waals surface area (Å²) in [7, 11) is 0. The van der Waals surface area contributed by atoms with Crippen molar-refractivity contribution in [3.05, 3.63) is 29.6 Å². The molecule has 3 heterocycles. The molecule has 0 spiro atoms. The van der Waals surface area contributed by atoms with E-state index in [1.165, 1.54) is 12.8 Å². The van der Waals surface area contributed by atoms with Gasteiger partial charge in [0.25, 0.3) is 0 Å². The maximum Gasteiger partial charge on any atom is 0.0707 e. The summed E-state index contributed by atoms with van der Waals surface area (Å²) < 4.78 is 5.83. The molecule has 0 radical (unpaired) electrons. The first-order valence-corrected chi connectivity index (χ1v) is 6.36. The van der Waals surface area contributed by atoms with E-state index in [1.807, 2.05) is 12.1 Å². The van der Waals surface area contributed by atoms with Gasteiger partial charge in [-0.2, -0.15) is 0 Å². The second-order valence-electron chi connectivity index (χ2n) is 4.98. The predicted octanol–water partition coefficient (Wildman–Crippen LogP) is 0.903. The van der Waals surface area contributed by atoms with E-state index in [9.17, 15) is 0 Å². The summed E-state index contributed by atoms with van der Waals surface area (Å²) in [6.07, 6.45) is 3.34. The Kier molecular flexibility index (Phi) is 3.09. The molecule has 2 bridgehead atoms. The quantitative estimate of drug-likeness (QED) is 0.843. The SMILES string of the molecule is NCc1cccc(CN2CC3CCC(C2)O3)n1. The number of pyridine rings is 1. The molecule has 2 unspecified atom stereocenters. The normalized spacial score (nSPS) is 28.5. The minimum absolute atomic E-state index is 0.450. The monoisotopic (exact) mass is 233 g/mol. The molecule has 2 N–H and O–H groups in total. The largest absolute Gasteiger partial charge is 0.372 e. The fourth-order valence-corrected chi connectivity index (χ4v) is 2.79. The maximum atomic E-state index is 5.83. The van der Waals surface area contributed by atoms with Gasteiger partial charge in [-0.25, -0.2) is 0 Å². The number of hydrogen-bond acceptors (Lipinski definition) is 4. The number of fused-ring (bicyclic) bond motifs is 2. The Morgan fingerprint density at radius 3 is 2.65 bits per heavy atom. The first-order valence-electron chi connectivity index (χ1n) is 6.36. The number of ether oxygens (including phenoxy) is 1. The number of nitrogens with zero attached hydrogens (tertiary/aromatic N) is 2. The van der Waals surface area contributed by atoms with Gasteiger partial charge in [-0.3, -0.25) is 9.88 Å². The molecule has 0 saturated carbocycles. The summed E-state index contributed by atoms with van der Waals surface area (Å²) in [5.41, 5.74) is 7.70. The molecule has 3 rings (SSSR count). The molecule has 0 amide bonds. The Hall–Kier alpha value is -0.970. The van der Waals surface area contributed by atoms with Crippen molar-refractivity contribution in [1.29, 1.82) is 0 Å². The molecular formula is C13H19N3O. The lowest BCUT2D eigenvalue weighted by molar-refractivity contribution is -0.0414. The van der Waals surface area contributed by atoms with Gasteiger partial charge in [-0.05, 0) is 25.0 Å². The van der Waals surface area contributed by atoms with Crippen molar-refractivity contribution >= 4 is 0 Å². The molecule has 0 aromatic carbocycles. The molecule has 4 heteroatoms. The van der Waals surface area contributed by atoms with Crippen molar-refractivity contribution in [3.63, 3.8) is 0 Å². The zero-order valence-electron chi connectivity index (χ0n) is 10.0. The fraction of sp³-hybridized carbons (Fsp3) is 0.615. The highest BCUT2D eigenvalue weighted by atomic mass is 16.5. The zero-order chi connectivity index (χ0) is 11.7. The fourth-order valence-electron chi connectivity index (χ4n) is 2.79. The standard InChI is InChI=1S/C13H19N3O/c14-6-10-2-1-3-11(15-10)7-16-8-12-4-5-13(9-16)17-12/h1-3,12-13H,4-9,14H2. The minimum atomic E-state index is 0.450. The molecule has 1 aromatic rings. The molecule has 0 aliphatic carbocycles. The van der Waals surface area contributed by atoms with E-state index >= 15 is 0 Å². The van der Waals surface area contributed by atoms with Gasteiger partial charge in [0, 0.05) is 26.2 Å². The molecule has 2 saturated heterocycles. The van der Waals surface area contributed by atoms with Crippen LogP contribution in [0.2, 0.25) is 0 Å². The third kappa shape index (κ3) is 2.49. The van der Waals surface area contributed by atoms with Gasteiger partial charge in [0.2, 0.25) is 0 Å². The lowest BCUT2D eigenvalue weighted by atomic mass is 10.2. The van der Waals surface area contributed by atoms with Gasteiger partial charge < -0.3 is 10.5 Å². The van der Waals surface area contributed by atoms with E-state index in [4.69, 9.17) is 10.5 Å². The molecule has 2 atom stereocenters. The highest BCUT2D eigenvalue weighted by molar-refractivity contribution is 5.11. The molecule has 2 fully saturated rings. The summed E-state index contributed by atoms with van der Waals surface area (Å²) in [6, 6.07) is 6.10. The molecule has 2 aliphatic heterocycles. The van der Waals surface area contributed by atoms with Gasteiger partial charge >= 0.3 is 0 Å². The lowest BCUT2D eigenvalue weighted by Gasteiger charge is -2.31. The summed E-state index contributed by atoms with van der Waals surface area (Å²) in [6.45, 7) is 3.53. The molecule has 92 valence electrons. The summed E-state index contributed by atoms with van der Waals surface area (Å²) in [4.78, 5) is 7.00. The third-order valence-corrected chi connectivity index (χ3v) is 3.58. The molecule has 17 heavy (non-hydrogen) atoms. The summed E-state index contributed by atoms with van der Waals surface area (Å²) >= 11 is 0. The Bertz CT molecular complexity index is 384. The van der Waals surface area contributed by atoms with Crippen LogP contribution in [0.1, 0.15) is 24.2 Å². The van der Waals surface area contributed by atoms with E-state index in [2.05, 4.69) is 16.0 Å². The van der Waals surface area contributed by atoms with Gasteiger partial charge in [0.1, 0.15) is 0 Å².